The minimum Gasteiger partial charge on any atom is -0.352 e. The molecule has 1 fully saturated rings. The summed E-state index contributed by atoms with van der Waals surface area (Å²) in [6.07, 6.45) is 3.83. The molecule has 0 heterocycles. The van der Waals surface area contributed by atoms with E-state index in [1.807, 2.05) is 13.0 Å². The van der Waals surface area contributed by atoms with E-state index in [9.17, 15) is 31.5 Å². The van der Waals surface area contributed by atoms with Crippen molar-refractivity contribution in [3.8, 4) is 0 Å². The molecule has 0 bridgehead atoms. The summed E-state index contributed by atoms with van der Waals surface area (Å²) in [7, 11) is 0. The lowest BCUT2D eigenvalue weighted by Crippen LogP contribution is -2.29. The van der Waals surface area contributed by atoms with Crippen molar-refractivity contribution in [3.05, 3.63) is 114 Å². The topological polar surface area (TPSA) is 112 Å². The number of nitrogens with one attached hydrogen (secondary N) is 4. The number of hydroxylamine groups is 2. The fourth-order valence-electron chi connectivity index (χ4n) is 4.82. The van der Waals surface area contributed by atoms with E-state index < -0.39 is 52.2 Å². The molecule has 254 valence electrons. The summed E-state index contributed by atoms with van der Waals surface area (Å²) in [6, 6.07) is 13.1. The summed E-state index contributed by atoms with van der Waals surface area (Å²) in [5.41, 5.74) is 4.79. The summed E-state index contributed by atoms with van der Waals surface area (Å²) < 4.78 is 70.6. The van der Waals surface area contributed by atoms with E-state index in [0.29, 0.717) is 23.0 Å². The Morgan fingerprint density at radius 2 is 1.38 bits per heavy atom. The highest BCUT2D eigenvalue weighted by molar-refractivity contribution is 14.1. The largest absolute Gasteiger partial charge is 0.352 e. The lowest BCUT2D eigenvalue weighted by atomic mass is 10.1. The van der Waals surface area contributed by atoms with Gasteiger partial charge in [-0.25, -0.2) is 32.9 Å². The van der Waals surface area contributed by atoms with Gasteiger partial charge in [0, 0.05) is 19.4 Å². The first kappa shape index (κ1) is 37.0. The molecule has 2 amide bonds. The number of carbonyl (C=O) groups excluding carboxylic acids is 2. The quantitative estimate of drug-likeness (QED) is 0.0398. The van der Waals surface area contributed by atoms with Crippen LogP contribution in [0.2, 0.25) is 0 Å². The van der Waals surface area contributed by atoms with Crippen molar-refractivity contribution in [3.63, 3.8) is 0 Å². The number of amides is 2. The zero-order valence-electron chi connectivity index (χ0n) is 25.4. The van der Waals surface area contributed by atoms with Gasteiger partial charge in [0.25, 0.3) is 11.8 Å². The molecular formula is C33H29BrF5IN4O4. The van der Waals surface area contributed by atoms with E-state index in [0.717, 1.165) is 45.4 Å². The molecule has 0 atom stereocenters. The van der Waals surface area contributed by atoms with Gasteiger partial charge in [-0.15, -0.1) is 0 Å². The van der Waals surface area contributed by atoms with Crippen molar-refractivity contribution in [1.29, 1.82) is 0 Å². The first-order chi connectivity index (χ1) is 22.8. The molecule has 4 aromatic carbocycles. The van der Waals surface area contributed by atoms with E-state index in [1.165, 1.54) is 11.5 Å². The Bertz CT molecular complexity index is 1840. The molecule has 5 rings (SSSR count). The number of hydrogen-bond acceptors (Lipinski definition) is 6. The van der Waals surface area contributed by atoms with Crippen LogP contribution >= 0.6 is 38.5 Å². The molecule has 4 aromatic rings. The normalized spacial score (nSPS) is 12.6. The fraction of sp³-hybridized carbons (Fsp3) is 0.212. The van der Waals surface area contributed by atoms with Crippen LogP contribution in [-0.4, -0.2) is 23.1 Å². The van der Waals surface area contributed by atoms with Crippen LogP contribution in [0, 0.1) is 46.5 Å². The number of aryl methyl sites for hydroxylation is 2. The predicted molar refractivity (Wildman–Crippen MR) is 182 cm³/mol. The Kier molecular flexibility index (Phi) is 12.8. The molecule has 0 radical (unpaired) electrons. The van der Waals surface area contributed by atoms with Gasteiger partial charge in [-0.1, -0.05) is 28.8 Å². The molecule has 8 nitrogen and oxygen atoms in total. The second-order valence-corrected chi connectivity index (χ2v) is 12.9. The van der Waals surface area contributed by atoms with Crippen LogP contribution in [0.4, 0.5) is 44.7 Å². The molecule has 5 N–H and O–H groups in total. The van der Waals surface area contributed by atoms with E-state index in [1.54, 1.807) is 37.3 Å². The van der Waals surface area contributed by atoms with Crippen molar-refractivity contribution >= 4 is 73.1 Å². The molecule has 0 spiro atoms. The van der Waals surface area contributed by atoms with E-state index in [-0.39, 0.29) is 17.4 Å². The molecule has 15 heteroatoms. The van der Waals surface area contributed by atoms with Gasteiger partial charge >= 0.3 is 0 Å². The predicted octanol–water partition coefficient (Wildman–Crippen LogP) is 9.26. The average molecular weight is 847 g/mol. The molecule has 48 heavy (non-hydrogen) atoms. The van der Waals surface area contributed by atoms with Crippen molar-refractivity contribution in [2.24, 2.45) is 0 Å². The highest BCUT2D eigenvalue weighted by atomic mass is 127. The first-order valence-electron chi connectivity index (χ1n) is 14.4. The van der Waals surface area contributed by atoms with Gasteiger partial charge in [-0.05, 0) is 115 Å². The maximum atomic E-state index is 14.4. The Labute approximate surface area is 294 Å². The first-order valence-corrected chi connectivity index (χ1v) is 16.3. The van der Waals surface area contributed by atoms with E-state index >= 15 is 0 Å². The maximum absolute atomic E-state index is 14.4. The Hall–Kier alpha value is -3.80. The smallest absolute Gasteiger partial charge is 0.277 e. The van der Waals surface area contributed by atoms with Crippen molar-refractivity contribution in [2.75, 3.05) is 10.6 Å². The summed E-state index contributed by atoms with van der Waals surface area (Å²) in [5, 5.41) is 14.1. The summed E-state index contributed by atoms with van der Waals surface area (Å²) >= 11 is 5.44. The number of benzene rings is 4. The average Bonchev–Trinajstić information content (AvgIpc) is 3.58. The number of carbonyl (C=O) groups is 2. The zero-order chi connectivity index (χ0) is 35.1. The van der Waals surface area contributed by atoms with E-state index in [4.69, 9.17) is 10.0 Å². The van der Waals surface area contributed by atoms with E-state index in [2.05, 4.69) is 54.6 Å². The lowest BCUT2D eigenvalue weighted by Gasteiger charge is -2.16. The second-order valence-electron chi connectivity index (χ2n) is 10.8. The van der Waals surface area contributed by atoms with Crippen LogP contribution in [0.1, 0.15) is 57.5 Å². The van der Waals surface area contributed by atoms with Gasteiger partial charge < -0.3 is 10.6 Å². The van der Waals surface area contributed by atoms with Gasteiger partial charge in [0.15, 0.2) is 29.1 Å². The Morgan fingerprint density at radius 3 is 1.98 bits per heavy atom. The number of rotatable bonds is 8. The highest BCUT2D eigenvalue weighted by Crippen LogP contribution is 2.31. The van der Waals surface area contributed by atoms with Crippen LogP contribution < -0.4 is 21.6 Å². The van der Waals surface area contributed by atoms with Crippen LogP contribution in [0.25, 0.3) is 0 Å². The summed E-state index contributed by atoms with van der Waals surface area (Å²) in [4.78, 5) is 29.3. The standard InChI is InChI=1S/C19H19BrF2N2O2.C14H10F3IN2O2/c1-11-10-12(20)6-9-16(11)23-18-14(7-8-15(21)17(18)22)19(25)24-26-13-4-2-3-5-13;1-6-4-7(18)2-3-10(6)19-13-8(14(21)20-22)5-9(15)11(16)12(13)17/h6-10,13,23H,2-5H2,1H3,(H,24,25);2-5,19,22H,1H3,(H,20,21). The molecule has 1 saturated carbocycles. The van der Waals surface area contributed by atoms with Gasteiger partial charge in [0.05, 0.1) is 28.6 Å². The van der Waals surface area contributed by atoms with Crippen molar-refractivity contribution < 1.29 is 41.6 Å². The highest BCUT2D eigenvalue weighted by Gasteiger charge is 2.24. The monoisotopic (exact) mass is 846 g/mol. The maximum Gasteiger partial charge on any atom is 0.277 e. The molecule has 0 aromatic heterocycles. The molecule has 1 aliphatic rings. The zero-order valence-corrected chi connectivity index (χ0v) is 29.2. The number of halogens is 7. The van der Waals surface area contributed by atoms with Gasteiger partial charge in [0.2, 0.25) is 0 Å². The lowest BCUT2D eigenvalue weighted by molar-refractivity contribution is -0.0124. The SMILES string of the molecule is Cc1cc(Br)ccc1Nc1c(C(=O)NOC2CCCC2)ccc(F)c1F.Cc1cc(I)ccc1Nc1c(C(=O)NO)cc(F)c(F)c1F. The number of anilines is 4. The molecular weight excluding hydrogens is 818 g/mol. The summed E-state index contributed by atoms with van der Waals surface area (Å²) in [5.74, 6) is -8.70. The third kappa shape index (κ3) is 9.00. The van der Waals surface area contributed by atoms with Gasteiger partial charge in [-0.3, -0.25) is 19.6 Å². The minimum atomic E-state index is -1.71. The third-order valence-corrected chi connectivity index (χ3v) is 8.53. The summed E-state index contributed by atoms with van der Waals surface area (Å²) in [6.45, 7) is 3.56. The Morgan fingerprint density at radius 1 is 0.771 bits per heavy atom. The number of hydrogen-bond donors (Lipinski definition) is 5. The van der Waals surface area contributed by atoms with Gasteiger partial charge in [-0.2, -0.15) is 0 Å². The van der Waals surface area contributed by atoms with Gasteiger partial charge in [0.1, 0.15) is 0 Å². The van der Waals surface area contributed by atoms with Crippen LogP contribution in [0.3, 0.4) is 0 Å². The van der Waals surface area contributed by atoms with Crippen molar-refractivity contribution in [1.82, 2.24) is 11.0 Å². The van der Waals surface area contributed by atoms with Crippen LogP contribution in [0.15, 0.2) is 59.1 Å². The second kappa shape index (κ2) is 16.5. The third-order valence-electron chi connectivity index (χ3n) is 7.36. The van der Waals surface area contributed by atoms with Crippen LogP contribution in [-0.2, 0) is 4.84 Å². The molecule has 0 aliphatic heterocycles. The molecule has 0 saturated heterocycles. The minimum absolute atomic E-state index is 0.0239. The fourth-order valence-corrected chi connectivity index (χ4v) is 5.94. The van der Waals surface area contributed by atoms with Crippen molar-refractivity contribution in [2.45, 2.75) is 45.6 Å². The molecule has 1 aliphatic carbocycles. The Balaban J connectivity index is 0.000000220. The molecule has 0 unspecified atom stereocenters. The van der Waals surface area contributed by atoms with Crippen LogP contribution in [0.5, 0.6) is 0 Å².